The van der Waals surface area contributed by atoms with Crippen LogP contribution in [0.3, 0.4) is 0 Å². The van der Waals surface area contributed by atoms with Crippen molar-refractivity contribution in [3.05, 3.63) is 66.2 Å². The highest BCUT2D eigenvalue weighted by Crippen LogP contribution is 2.29. The maximum absolute atomic E-state index is 14.3. The van der Waals surface area contributed by atoms with E-state index in [0.29, 0.717) is 18.7 Å². The highest BCUT2D eigenvalue weighted by molar-refractivity contribution is 6.02. The van der Waals surface area contributed by atoms with Crippen molar-refractivity contribution in [2.75, 3.05) is 44.0 Å². The molecule has 1 aliphatic rings. The van der Waals surface area contributed by atoms with Gasteiger partial charge in [0.1, 0.15) is 5.75 Å². The van der Waals surface area contributed by atoms with E-state index in [4.69, 9.17) is 9.47 Å². The SMILES string of the molecule is C[C@@H]1CCCCO[C@@H](CN(C)C(=O)Nc2cccc3ccccc23)[C@H](C)CN([C@@H](C)CO)C(=O)c2cc(NC(=O)CCC(F)(F)F)ccc2O1. The molecule has 0 spiro atoms. The smallest absolute Gasteiger partial charge is 0.389 e. The van der Waals surface area contributed by atoms with Crippen LogP contribution < -0.4 is 15.4 Å². The third-order valence-corrected chi connectivity index (χ3v) is 8.80. The van der Waals surface area contributed by atoms with E-state index in [9.17, 15) is 32.7 Å². The van der Waals surface area contributed by atoms with Gasteiger partial charge in [0.15, 0.2) is 0 Å². The zero-order chi connectivity index (χ0) is 36.4. The van der Waals surface area contributed by atoms with E-state index in [1.54, 1.807) is 18.9 Å². The lowest BCUT2D eigenvalue weighted by Crippen LogP contribution is -2.48. The first kappa shape index (κ1) is 38.4. The number of halogens is 3. The van der Waals surface area contributed by atoms with Crippen LogP contribution in [0.5, 0.6) is 5.75 Å². The standard InChI is InChI=1S/C37H47F3N4O6/c1-24-21-44(25(2)23-45)35(47)30-20-28(41-34(46)17-18-37(38,39)40)15-16-32(30)50-26(3)10-7-8-19-49-33(24)22-43(4)36(48)42-31-14-9-12-27-11-5-6-13-29(27)31/h5-6,9,11-16,20,24-26,33,45H,7-8,10,17-19,21-23H2,1-4H3,(H,41,46)(H,42,48)/t24-,25+,26-,33+/m1/s1. The van der Waals surface area contributed by atoms with Gasteiger partial charge >= 0.3 is 12.2 Å². The van der Waals surface area contributed by atoms with Crippen LogP contribution in [0.15, 0.2) is 60.7 Å². The zero-order valence-electron chi connectivity index (χ0n) is 29.0. The number of urea groups is 1. The summed E-state index contributed by atoms with van der Waals surface area (Å²) in [7, 11) is 1.68. The molecule has 0 radical (unpaired) electrons. The second kappa shape index (κ2) is 17.5. The Morgan fingerprint density at radius 2 is 1.80 bits per heavy atom. The summed E-state index contributed by atoms with van der Waals surface area (Å²) in [5, 5.41) is 17.5. The molecule has 1 aliphatic heterocycles. The number of carbonyl (C=O) groups excluding carboxylic acids is 3. The summed E-state index contributed by atoms with van der Waals surface area (Å²) in [5.74, 6) is -1.39. The third-order valence-electron chi connectivity index (χ3n) is 8.80. The van der Waals surface area contributed by atoms with Gasteiger partial charge in [0, 0.05) is 50.2 Å². The highest BCUT2D eigenvalue weighted by Gasteiger charge is 2.32. The maximum atomic E-state index is 14.3. The van der Waals surface area contributed by atoms with Crippen LogP contribution in [-0.4, -0.2) is 90.5 Å². The number of hydrogen-bond acceptors (Lipinski definition) is 6. The predicted octanol–water partition coefficient (Wildman–Crippen LogP) is 7.08. The van der Waals surface area contributed by atoms with Gasteiger partial charge in [-0.2, -0.15) is 13.2 Å². The third kappa shape index (κ3) is 10.8. The predicted molar refractivity (Wildman–Crippen MR) is 186 cm³/mol. The molecule has 0 unspecified atom stereocenters. The van der Waals surface area contributed by atoms with Crippen LogP contribution in [0, 0.1) is 5.92 Å². The lowest BCUT2D eigenvalue weighted by Gasteiger charge is -2.35. The summed E-state index contributed by atoms with van der Waals surface area (Å²) in [4.78, 5) is 43.0. The number of rotatable bonds is 8. The number of amides is 4. The minimum absolute atomic E-state index is 0.0964. The van der Waals surface area contributed by atoms with E-state index < -0.39 is 43.0 Å². The fourth-order valence-corrected chi connectivity index (χ4v) is 5.84. The number of nitrogens with one attached hydrogen (secondary N) is 2. The van der Waals surface area contributed by atoms with Crippen molar-refractivity contribution in [2.45, 2.75) is 77.3 Å². The average molecular weight is 701 g/mol. The number of aliphatic hydroxyl groups is 1. The van der Waals surface area contributed by atoms with Gasteiger partial charge < -0.3 is 35.0 Å². The lowest BCUT2D eigenvalue weighted by atomic mass is 10.0. The molecule has 272 valence electrons. The number of ether oxygens (including phenoxy) is 2. The second-order valence-corrected chi connectivity index (χ2v) is 13.0. The monoisotopic (exact) mass is 700 g/mol. The molecular formula is C37H47F3N4O6. The van der Waals surface area contributed by atoms with Crippen LogP contribution in [0.1, 0.15) is 63.2 Å². The number of anilines is 2. The summed E-state index contributed by atoms with van der Waals surface area (Å²) in [6.07, 6.45) is -5.14. The number of benzene rings is 3. The van der Waals surface area contributed by atoms with Crippen LogP contribution >= 0.6 is 0 Å². The van der Waals surface area contributed by atoms with E-state index in [0.717, 1.165) is 23.6 Å². The van der Waals surface area contributed by atoms with Crippen LogP contribution in [0.2, 0.25) is 0 Å². The van der Waals surface area contributed by atoms with Gasteiger partial charge in [-0.05, 0) is 62.8 Å². The Hall–Kier alpha value is -4.36. The normalized spacial score (nSPS) is 19.9. The molecule has 0 saturated carbocycles. The van der Waals surface area contributed by atoms with E-state index in [1.807, 2.05) is 56.3 Å². The number of fused-ring (bicyclic) bond motifs is 2. The zero-order valence-corrected chi connectivity index (χ0v) is 29.0. The second-order valence-electron chi connectivity index (χ2n) is 13.0. The lowest BCUT2D eigenvalue weighted by molar-refractivity contribution is -0.142. The Kier molecular flexibility index (Phi) is 13.5. The molecule has 3 aromatic rings. The van der Waals surface area contributed by atoms with Crippen LogP contribution in [-0.2, 0) is 9.53 Å². The van der Waals surface area contributed by atoms with E-state index >= 15 is 0 Å². The van der Waals surface area contributed by atoms with E-state index in [-0.39, 0.29) is 54.7 Å². The molecule has 13 heteroatoms. The summed E-state index contributed by atoms with van der Waals surface area (Å²) < 4.78 is 50.6. The van der Waals surface area contributed by atoms with Crippen LogP contribution in [0.4, 0.5) is 29.3 Å². The van der Waals surface area contributed by atoms with Crippen LogP contribution in [0.25, 0.3) is 10.8 Å². The molecule has 10 nitrogen and oxygen atoms in total. The molecule has 3 aromatic carbocycles. The molecule has 0 aliphatic carbocycles. The molecule has 0 bridgehead atoms. The molecule has 4 atom stereocenters. The van der Waals surface area contributed by atoms with Gasteiger partial charge in [0.05, 0.1) is 42.5 Å². The van der Waals surface area contributed by atoms with Crippen molar-refractivity contribution in [1.29, 1.82) is 0 Å². The number of alkyl halides is 3. The van der Waals surface area contributed by atoms with Crippen molar-refractivity contribution in [1.82, 2.24) is 9.80 Å². The van der Waals surface area contributed by atoms with E-state index in [2.05, 4.69) is 10.6 Å². The summed E-state index contributed by atoms with van der Waals surface area (Å²) >= 11 is 0. The van der Waals surface area contributed by atoms with Crippen molar-refractivity contribution in [3.63, 3.8) is 0 Å². The topological polar surface area (TPSA) is 120 Å². The Morgan fingerprint density at radius 1 is 1.06 bits per heavy atom. The number of hydrogen-bond donors (Lipinski definition) is 3. The average Bonchev–Trinajstić information content (AvgIpc) is 3.08. The highest BCUT2D eigenvalue weighted by atomic mass is 19.4. The summed E-state index contributed by atoms with van der Waals surface area (Å²) in [6.45, 7) is 5.91. The van der Waals surface area contributed by atoms with Gasteiger partial charge in [0.2, 0.25) is 5.91 Å². The Labute approximate surface area is 290 Å². The minimum atomic E-state index is -4.48. The number of aliphatic hydroxyl groups excluding tert-OH is 1. The Bertz CT molecular complexity index is 1610. The Morgan fingerprint density at radius 3 is 2.54 bits per heavy atom. The first-order valence-electron chi connectivity index (χ1n) is 17.0. The first-order chi connectivity index (χ1) is 23.8. The first-order valence-corrected chi connectivity index (χ1v) is 17.0. The number of carbonyl (C=O) groups is 3. The maximum Gasteiger partial charge on any atom is 0.389 e. The molecule has 50 heavy (non-hydrogen) atoms. The van der Waals surface area contributed by atoms with Crippen molar-refractivity contribution < 1.29 is 42.1 Å². The van der Waals surface area contributed by atoms with Gasteiger partial charge in [-0.3, -0.25) is 9.59 Å². The fourth-order valence-electron chi connectivity index (χ4n) is 5.84. The number of likely N-dealkylation sites (N-methyl/N-ethyl adjacent to an activating group) is 1. The summed E-state index contributed by atoms with van der Waals surface area (Å²) in [6, 6.07) is 16.9. The van der Waals surface area contributed by atoms with Crippen molar-refractivity contribution in [3.8, 4) is 5.75 Å². The van der Waals surface area contributed by atoms with Gasteiger partial charge in [-0.25, -0.2) is 4.79 Å². The summed E-state index contributed by atoms with van der Waals surface area (Å²) in [5.41, 5.74) is 0.921. The van der Waals surface area contributed by atoms with Crippen molar-refractivity contribution >= 4 is 40.0 Å². The molecular weight excluding hydrogens is 653 g/mol. The number of nitrogens with zero attached hydrogens (tertiary/aromatic N) is 2. The molecule has 0 fully saturated rings. The molecule has 0 aromatic heterocycles. The van der Waals surface area contributed by atoms with Gasteiger partial charge in [-0.1, -0.05) is 43.3 Å². The van der Waals surface area contributed by atoms with E-state index in [1.165, 1.54) is 23.1 Å². The van der Waals surface area contributed by atoms with Crippen molar-refractivity contribution in [2.24, 2.45) is 5.92 Å². The molecule has 0 saturated heterocycles. The van der Waals surface area contributed by atoms with Gasteiger partial charge in [-0.15, -0.1) is 0 Å². The molecule has 1 heterocycles. The Balaban J connectivity index is 1.57. The quantitative estimate of drug-likeness (QED) is 0.231. The molecule has 3 N–H and O–H groups in total. The fraction of sp³-hybridized carbons (Fsp3) is 0.486. The van der Waals surface area contributed by atoms with Gasteiger partial charge in [0.25, 0.3) is 5.91 Å². The largest absolute Gasteiger partial charge is 0.490 e. The molecule has 4 amide bonds. The minimum Gasteiger partial charge on any atom is -0.490 e. The molecule has 4 rings (SSSR count).